The maximum atomic E-state index is 12.5. The van der Waals surface area contributed by atoms with Crippen LogP contribution in [0.4, 0.5) is 4.79 Å². The summed E-state index contributed by atoms with van der Waals surface area (Å²) in [6.07, 6.45) is 1.09. The van der Waals surface area contributed by atoms with E-state index in [1.54, 1.807) is 4.90 Å². The number of benzene rings is 2. The van der Waals surface area contributed by atoms with Crippen LogP contribution in [-0.2, 0) is 4.74 Å². The average Bonchev–Trinajstić information content (AvgIpc) is 2.73. The molecule has 1 N–H and O–H groups in total. The molecule has 3 rings (SSSR count). The normalized spacial score (nSPS) is 14.6. The highest BCUT2D eigenvalue weighted by atomic mass is 35.5. The third kappa shape index (κ3) is 5.23. The van der Waals surface area contributed by atoms with Gasteiger partial charge in [0.05, 0.1) is 5.88 Å². The number of halogens is 1. The number of nitrogens with one attached hydrogen (secondary N) is 1. The standard InChI is InChI=1S/C21H23ClN2O3/c22-12-15-27-21(26)24-13-10-19(11-14-24)23-20(25)18-8-6-17(7-9-18)16-4-2-1-3-5-16/h1-9,19H,10-15H2,(H,23,25). The van der Waals surface area contributed by atoms with Crippen molar-refractivity contribution < 1.29 is 14.3 Å². The van der Waals surface area contributed by atoms with Gasteiger partial charge in [-0.1, -0.05) is 42.5 Å². The van der Waals surface area contributed by atoms with Crippen LogP contribution in [0.3, 0.4) is 0 Å². The Hall–Kier alpha value is -2.53. The Bertz CT molecular complexity index is 757. The summed E-state index contributed by atoms with van der Waals surface area (Å²) in [7, 11) is 0. The Morgan fingerprint density at radius 3 is 2.26 bits per heavy atom. The van der Waals surface area contributed by atoms with E-state index in [4.69, 9.17) is 16.3 Å². The van der Waals surface area contributed by atoms with Gasteiger partial charge in [0.2, 0.25) is 0 Å². The summed E-state index contributed by atoms with van der Waals surface area (Å²) in [6, 6.07) is 17.7. The van der Waals surface area contributed by atoms with Gasteiger partial charge in [0.25, 0.3) is 5.91 Å². The maximum Gasteiger partial charge on any atom is 0.409 e. The first-order chi connectivity index (χ1) is 13.2. The fourth-order valence-corrected chi connectivity index (χ4v) is 3.21. The Labute approximate surface area is 164 Å². The van der Waals surface area contributed by atoms with Crippen molar-refractivity contribution in [2.45, 2.75) is 18.9 Å². The number of ether oxygens (including phenoxy) is 1. The lowest BCUT2D eigenvalue weighted by atomic mass is 10.0. The Balaban J connectivity index is 1.50. The second kappa shape index (κ2) is 9.42. The van der Waals surface area contributed by atoms with Gasteiger partial charge in [-0.3, -0.25) is 4.79 Å². The van der Waals surface area contributed by atoms with E-state index in [0.717, 1.165) is 11.1 Å². The van der Waals surface area contributed by atoms with Crippen molar-refractivity contribution in [1.82, 2.24) is 10.2 Å². The molecule has 0 aromatic heterocycles. The van der Waals surface area contributed by atoms with E-state index in [9.17, 15) is 9.59 Å². The van der Waals surface area contributed by atoms with E-state index in [1.165, 1.54) is 0 Å². The minimum Gasteiger partial charge on any atom is -0.448 e. The molecule has 0 bridgehead atoms. The van der Waals surface area contributed by atoms with Gasteiger partial charge in [0, 0.05) is 24.7 Å². The molecule has 2 amide bonds. The number of nitrogens with zero attached hydrogens (tertiary/aromatic N) is 1. The van der Waals surface area contributed by atoms with Gasteiger partial charge in [-0.05, 0) is 36.1 Å². The van der Waals surface area contributed by atoms with Gasteiger partial charge >= 0.3 is 6.09 Å². The number of rotatable bonds is 5. The molecule has 0 unspecified atom stereocenters. The molecule has 1 saturated heterocycles. The van der Waals surface area contributed by atoms with Crippen molar-refractivity contribution in [3.8, 4) is 11.1 Å². The zero-order valence-corrected chi connectivity index (χ0v) is 15.8. The van der Waals surface area contributed by atoms with Crippen molar-refractivity contribution in [2.75, 3.05) is 25.6 Å². The number of hydrogen-bond acceptors (Lipinski definition) is 3. The summed E-state index contributed by atoms with van der Waals surface area (Å²) in [5.74, 6) is 0.208. The molecule has 0 spiro atoms. The first kappa shape index (κ1) is 19.2. The van der Waals surface area contributed by atoms with Crippen LogP contribution >= 0.6 is 11.6 Å². The van der Waals surface area contributed by atoms with Crippen molar-refractivity contribution >= 4 is 23.6 Å². The highest BCUT2D eigenvalue weighted by Crippen LogP contribution is 2.19. The number of amides is 2. The highest BCUT2D eigenvalue weighted by Gasteiger charge is 2.24. The van der Waals surface area contributed by atoms with Crippen LogP contribution in [0.25, 0.3) is 11.1 Å². The Morgan fingerprint density at radius 2 is 1.63 bits per heavy atom. The van der Waals surface area contributed by atoms with E-state index in [1.807, 2.05) is 54.6 Å². The van der Waals surface area contributed by atoms with Crippen LogP contribution in [-0.4, -0.2) is 48.5 Å². The van der Waals surface area contributed by atoms with Gasteiger partial charge in [0.1, 0.15) is 6.61 Å². The molecule has 0 aliphatic carbocycles. The molecule has 0 radical (unpaired) electrons. The molecule has 1 aliphatic rings. The fraction of sp³-hybridized carbons (Fsp3) is 0.333. The Kier molecular flexibility index (Phi) is 6.71. The van der Waals surface area contributed by atoms with Crippen molar-refractivity contribution in [1.29, 1.82) is 0 Å². The third-order valence-corrected chi connectivity index (χ3v) is 4.80. The zero-order chi connectivity index (χ0) is 19.1. The van der Waals surface area contributed by atoms with E-state index >= 15 is 0 Å². The van der Waals surface area contributed by atoms with Crippen LogP contribution < -0.4 is 5.32 Å². The quantitative estimate of drug-likeness (QED) is 0.792. The fourth-order valence-electron chi connectivity index (χ4n) is 3.14. The lowest BCUT2D eigenvalue weighted by Crippen LogP contribution is -2.46. The van der Waals surface area contributed by atoms with Gasteiger partial charge in [-0.25, -0.2) is 4.79 Å². The van der Waals surface area contributed by atoms with E-state index in [0.29, 0.717) is 37.4 Å². The second-order valence-corrected chi connectivity index (χ2v) is 6.86. The maximum absolute atomic E-state index is 12.5. The molecule has 1 aliphatic heterocycles. The SMILES string of the molecule is O=C(NC1CCN(C(=O)OCCCl)CC1)c1ccc(-c2ccccc2)cc1. The van der Waals surface area contributed by atoms with E-state index in [2.05, 4.69) is 5.32 Å². The highest BCUT2D eigenvalue weighted by molar-refractivity contribution is 6.18. The number of carbonyl (C=O) groups is 2. The molecule has 142 valence electrons. The molecule has 27 heavy (non-hydrogen) atoms. The second-order valence-electron chi connectivity index (χ2n) is 6.48. The summed E-state index contributed by atoms with van der Waals surface area (Å²) in [5.41, 5.74) is 2.84. The minimum absolute atomic E-state index is 0.0587. The monoisotopic (exact) mass is 386 g/mol. The van der Waals surface area contributed by atoms with E-state index < -0.39 is 0 Å². The first-order valence-electron chi connectivity index (χ1n) is 9.11. The molecule has 1 heterocycles. The van der Waals surface area contributed by atoms with Crippen LogP contribution in [0.15, 0.2) is 54.6 Å². The van der Waals surface area contributed by atoms with Gasteiger partial charge in [-0.2, -0.15) is 0 Å². The molecule has 2 aromatic rings. The summed E-state index contributed by atoms with van der Waals surface area (Å²) in [4.78, 5) is 26.0. The molecule has 2 aromatic carbocycles. The average molecular weight is 387 g/mol. The summed E-state index contributed by atoms with van der Waals surface area (Å²) >= 11 is 5.52. The topological polar surface area (TPSA) is 58.6 Å². The van der Waals surface area contributed by atoms with Gasteiger partial charge < -0.3 is 15.0 Å². The molecule has 5 nitrogen and oxygen atoms in total. The minimum atomic E-state index is -0.336. The third-order valence-electron chi connectivity index (χ3n) is 4.65. The van der Waals surface area contributed by atoms with Crippen molar-refractivity contribution in [3.05, 3.63) is 60.2 Å². The molecular formula is C21H23ClN2O3. The van der Waals surface area contributed by atoms with E-state index in [-0.39, 0.29) is 24.6 Å². The number of alkyl halides is 1. The number of piperidine rings is 1. The summed E-state index contributed by atoms with van der Waals surface area (Å²) in [5, 5.41) is 3.06. The largest absolute Gasteiger partial charge is 0.448 e. The number of hydrogen-bond donors (Lipinski definition) is 1. The first-order valence-corrected chi connectivity index (χ1v) is 9.65. The molecule has 1 fully saturated rings. The van der Waals surface area contributed by atoms with Crippen molar-refractivity contribution in [3.63, 3.8) is 0 Å². The zero-order valence-electron chi connectivity index (χ0n) is 15.1. The van der Waals surface area contributed by atoms with Gasteiger partial charge in [-0.15, -0.1) is 11.6 Å². The molecular weight excluding hydrogens is 364 g/mol. The predicted molar refractivity (Wildman–Crippen MR) is 106 cm³/mol. The van der Waals surface area contributed by atoms with Crippen LogP contribution in [0.5, 0.6) is 0 Å². The van der Waals surface area contributed by atoms with Crippen LogP contribution in [0, 0.1) is 0 Å². The smallest absolute Gasteiger partial charge is 0.409 e. The predicted octanol–water partition coefficient (Wildman–Crippen LogP) is 3.92. The molecule has 6 heteroatoms. The number of carbonyl (C=O) groups excluding carboxylic acids is 2. The lowest BCUT2D eigenvalue weighted by molar-refractivity contribution is 0.0862. The van der Waals surface area contributed by atoms with Crippen LogP contribution in [0.2, 0.25) is 0 Å². The van der Waals surface area contributed by atoms with Crippen molar-refractivity contribution in [2.24, 2.45) is 0 Å². The van der Waals surface area contributed by atoms with Crippen LogP contribution in [0.1, 0.15) is 23.2 Å². The van der Waals surface area contributed by atoms with Gasteiger partial charge in [0.15, 0.2) is 0 Å². The number of likely N-dealkylation sites (tertiary alicyclic amines) is 1. The summed E-state index contributed by atoms with van der Waals surface area (Å²) < 4.78 is 5.03. The molecule has 0 saturated carbocycles. The Morgan fingerprint density at radius 1 is 1.00 bits per heavy atom. The molecule has 0 atom stereocenters. The lowest BCUT2D eigenvalue weighted by Gasteiger charge is -2.31. The summed E-state index contributed by atoms with van der Waals surface area (Å²) in [6.45, 7) is 1.36.